The predicted molar refractivity (Wildman–Crippen MR) is 88.9 cm³/mol. The van der Waals surface area contributed by atoms with Crippen molar-refractivity contribution in [1.82, 2.24) is 0 Å². The van der Waals surface area contributed by atoms with Crippen molar-refractivity contribution in [2.24, 2.45) is 0 Å². The molecule has 4 heteroatoms. The fourth-order valence-electron chi connectivity index (χ4n) is 2.07. The molecular formula is C17H28N2O2. The lowest BCUT2D eigenvalue weighted by Gasteiger charge is -2.20. The third kappa shape index (κ3) is 7.02. The molecule has 0 spiro atoms. The van der Waals surface area contributed by atoms with Crippen LogP contribution in [0.3, 0.4) is 0 Å². The smallest absolute Gasteiger partial charge is 0.412 e. The van der Waals surface area contributed by atoms with Gasteiger partial charge in [0.1, 0.15) is 5.60 Å². The zero-order valence-electron chi connectivity index (χ0n) is 13.8. The van der Waals surface area contributed by atoms with Crippen molar-refractivity contribution < 1.29 is 9.53 Å². The molecule has 1 unspecified atom stereocenters. The monoisotopic (exact) mass is 292 g/mol. The van der Waals surface area contributed by atoms with Gasteiger partial charge in [-0.1, -0.05) is 26.3 Å². The molecule has 0 bridgehead atoms. The van der Waals surface area contributed by atoms with Gasteiger partial charge in [0.2, 0.25) is 0 Å². The van der Waals surface area contributed by atoms with E-state index in [-0.39, 0.29) is 0 Å². The molecular weight excluding hydrogens is 264 g/mol. The summed E-state index contributed by atoms with van der Waals surface area (Å²) < 4.78 is 5.25. The summed E-state index contributed by atoms with van der Waals surface area (Å²) in [5.41, 5.74) is 1.26. The quantitative estimate of drug-likeness (QED) is 0.773. The van der Waals surface area contributed by atoms with Crippen molar-refractivity contribution in [3.8, 4) is 0 Å². The first-order valence-electron chi connectivity index (χ1n) is 7.70. The van der Waals surface area contributed by atoms with Gasteiger partial charge in [-0.05, 0) is 51.8 Å². The van der Waals surface area contributed by atoms with E-state index in [1.165, 1.54) is 0 Å². The fraction of sp³-hybridized carbons (Fsp3) is 0.588. The number of hydrogen-bond donors (Lipinski definition) is 2. The van der Waals surface area contributed by atoms with E-state index in [0.717, 1.165) is 30.6 Å². The Labute approximate surface area is 128 Å². The molecule has 0 aromatic heterocycles. The molecule has 0 heterocycles. The number of ether oxygens (including phenoxy) is 1. The molecule has 0 saturated carbocycles. The summed E-state index contributed by atoms with van der Waals surface area (Å²) in [5, 5.41) is 6.26. The number of carbonyl (C=O) groups is 1. The van der Waals surface area contributed by atoms with Gasteiger partial charge in [0, 0.05) is 17.4 Å². The molecule has 0 aliphatic rings. The topological polar surface area (TPSA) is 50.4 Å². The number of hydrogen-bond acceptors (Lipinski definition) is 3. The summed E-state index contributed by atoms with van der Waals surface area (Å²) in [7, 11) is 0. The zero-order valence-corrected chi connectivity index (χ0v) is 13.8. The minimum Gasteiger partial charge on any atom is -0.444 e. The Kier molecular flexibility index (Phi) is 6.53. The van der Waals surface area contributed by atoms with Crippen LogP contribution in [0.1, 0.15) is 53.9 Å². The molecule has 0 aliphatic carbocycles. The van der Waals surface area contributed by atoms with Crippen LogP contribution in [0.5, 0.6) is 0 Å². The molecule has 1 aromatic rings. The average molecular weight is 292 g/mol. The van der Waals surface area contributed by atoms with Crippen LogP contribution >= 0.6 is 0 Å². The molecule has 4 nitrogen and oxygen atoms in total. The van der Waals surface area contributed by atoms with Crippen molar-refractivity contribution >= 4 is 17.5 Å². The second kappa shape index (κ2) is 7.91. The minimum absolute atomic E-state index is 0.430. The van der Waals surface area contributed by atoms with E-state index in [9.17, 15) is 4.79 Å². The predicted octanol–water partition coefficient (Wildman–Crippen LogP) is 5.02. The van der Waals surface area contributed by atoms with E-state index in [1.54, 1.807) is 0 Å². The Morgan fingerprint density at radius 2 is 1.90 bits per heavy atom. The van der Waals surface area contributed by atoms with Crippen molar-refractivity contribution in [1.29, 1.82) is 0 Å². The average Bonchev–Trinajstić information content (AvgIpc) is 2.36. The molecule has 1 amide bonds. The summed E-state index contributed by atoms with van der Waals surface area (Å²) in [6, 6.07) is 8.19. The van der Waals surface area contributed by atoms with Crippen LogP contribution < -0.4 is 10.6 Å². The largest absolute Gasteiger partial charge is 0.444 e. The molecule has 0 fully saturated rings. The van der Waals surface area contributed by atoms with Gasteiger partial charge >= 0.3 is 6.09 Å². The van der Waals surface area contributed by atoms with E-state index < -0.39 is 11.7 Å². The first-order valence-corrected chi connectivity index (χ1v) is 7.70. The Balaban J connectivity index is 2.65. The second-order valence-electron chi connectivity index (χ2n) is 6.25. The lowest BCUT2D eigenvalue weighted by Crippen LogP contribution is -2.27. The van der Waals surface area contributed by atoms with E-state index in [2.05, 4.69) is 24.5 Å². The molecule has 1 aromatic carbocycles. The zero-order chi connectivity index (χ0) is 15.9. The highest BCUT2D eigenvalue weighted by molar-refractivity contribution is 5.85. The Bertz CT molecular complexity index is 452. The number of amides is 1. The van der Waals surface area contributed by atoms with Crippen LogP contribution in [0.4, 0.5) is 16.2 Å². The van der Waals surface area contributed by atoms with Crippen molar-refractivity contribution in [3.63, 3.8) is 0 Å². The van der Waals surface area contributed by atoms with Gasteiger partial charge in [-0.15, -0.1) is 0 Å². The molecule has 118 valence electrons. The Morgan fingerprint density at radius 3 is 2.48 bits per heavy atom. The van der Waals surface area contributed by atoms with Gasteiger partial charge < -0.3 is 10.1 Å². The summed E-state index contributed by atoms with van der Waals surface area (Å²) in [5.74, 6) is 0. The maximum absolute atomic E-state index is 11.8. The maximum Gasteiger partial charge on any atom is 0.412 e. The Hall–Kier alpha value is -1.71. The molecule has 1 atom stereocenters. The molecule has 2 N–H and O–H groups in total. The third-order valence-corrected chi connectivity index (χ3v) is 3.01. The maximum atomic E-state index is 11.8. The normalized spacial score (nSPS) is 12.6. The van der Waals surface area contributed by atoms with Crippen molar-refractivity contribution in [2.45, 2.75) is 65.5 Å². The Morgan fingerprint density at radius 1 is 1.24 bits per heavy atom. The summed E-state index contributed by atoms with van der Waals surface area (Å²) in [4.78, 5) is 11.8. The number of carbonyl (C=O) groups excluding carboxylic acids is 1. The van der Waals surface area contributed by atoms with E-state index in [0.29, 0.717) is 6.04 Å². The molecule has 0 radical (unpaired) electrons. The third-order valence-electron chi connectivity index (χ3n) is 3.01. The van der Waals surface area contributed by atoms with E-state index in [4.69, 9.17) is 4.74 Å². The highest BCUT2D eigenvalue weighted by atomic mass is 16.6. The summed E-state index contributed by atoms with van der Waals surface area (Å²) >= 11 is 0. The van der Waals surface area contributed by atoms with Crippen LogP contribution in [0.2, 0.25) is 0 Å². The van der Waals surface area contributed by atoms with Gasteiger partial charge in [0.15, 0.2) is 0 Å². The minimum atomic E-state index is -0.492. The van der Waals surface area contributed by atoms with Gasteiger partial charge in [-0.2, -0.15) is 0 Å². The molecule has 21 heavy (non-hydrogen) atoms. The van der Waals surface area contributed by atoms with Gasteiger partial charge in [0.05, 0.1) is 0 Å². The highest BCUT2D eigenvalue weighted by Crippen LogP contribution is 2.19. The van der Waals surface area contributed by atoms with Crippen LogP contribution in [0.25, 0.3) is 0 Å². The van der Waals surface area contributed by atoms with E-state index >= 15 is 0 Å². The van der Waals surface area contributed by atoms with Crippen LogP contribution in [0.15, 0.2) is 24.3 Å². The number of rotatable bonds is 6. The SMILES string of the molecule is CCCC(CC)Nc1cccc(NC(=O)OC(C)(C)C)c1. The number of anilines is 2. The van der Waals surface area contributed by atoms with Crippen molar-refractivity contribution in [2.75, 3.05) is 10.6 Å². The van der Waals surface area contributed by atoms with Crippen LogP contribution in [-0.2, 0) is 4.74 Å². The highest BCUT2D eigenvalue weighted by Gasteiger charge is 2.16. The second-order valence-corrected chi connectivity index (χ2v) is 6.25. The lowest BCUT2D eigenvalue weighted by atomic mass is 10.1. The summed E-state index contributed by atoms with van der Waals surface area (Å²) in [6.07, 6.45) is 2.94. The first kappa shape index (κ1) is 17.3. The molecule has 0 aliphatic heterocycles. The van der Waals surface area contributed by atoms with Crippen molar-refractivity contribution in [3.05, 3.63) is 24.3 Å². The molecule has 0 saturated heterocycles. The van der Waals surface area contributed by atoms with Gasteiger partial charge in [-0.3, -0.25) is 5.32 Å². The van der Waals surface area contributed by atoms with Gasteiger partial charge in [0.25, 0.3) is 0 Å². The summed E-state index contributed by atoms with van der Waals surface area (Å²) in [6.45, 7) is 9.91. The standard InChI is InChI=1S/C17H28N2O2/c1-6-9-13(7-2)18-14-10-8-11-15(12-14)19-16(20)21-17(3,4)5/h8,10-13,18H,6-7,9H2,1-5H3,(H,19,20). The van der Waals surface area contributed by atoms with Crippen LogP contribution in [0, 0.1) is 0 Å². The molecule has 1 rings (SSSR count). The first-order chi connectivity index (χ1) is 9.84. The van der Waals surface area contributed by atoms with Crippen LogP contribution in [-0.4, -0.2) is 17.7 Å². The number of nitrogens with one attached hydrogen (secondary N) is 2. The fourth-order valence-corrected chi connectivity index (χ4v) is 2.07. The van der Waals surface area contributed by atoms with Gasteiger partial charge in [-0.25, -0.2) is 4.79 Å². The number of benzene rings is 1. The lowest BCUT2D eigenvalue weighted by molar-refractivity contribution is 0.0636. The van der Waals surface area contributed by atoms with E-state index in [1.807, 2.05) is 45.0 Å².